The number of pyridine rings is 1. The summed E-state index contributed by atoms with van der Waals surface area (Å²) in [6.45, 7) is 7.77. The van der Waals surface area contributed by atoms with E-state index in [-0.39, 0.29) is 5.91 Å². The summed E-state index contributed by atoms with van der Waals surface area (Å²) in [6.07, 6.45) is 12.1. The summed E-state index contributed by atoms with van der Waals surface area (Å²) in [6, 6.07) is 7.79. The monoisotopic (exact) mass is 653 g/mol. The van der Waals surface area contributed by atoms with E-state index in [9.17, 15) is 4.79 Å². The van der Waals surface area contributed by atoms with Crippen LogP contribution in [0, 0.1) is 12.3 Å². The number of nitrogens with one attached hydrogen (secondary N) is 1. The van der Waals surface area contributed by atoms with E-state index >= 15 is 0 Å². The lowest BCUT2D eigenvalue weighted by Crippen LogP contribution is -2.47. The highest BCUT2D eigenvalue weighted by atomic mass is 35.5. The number of unbranched alkanes of at least 4 members (excludes halogenated alkanes) is 1. The minimum absolute atomic E-state index is 0.142. The van der Waals surface area contributed by atoms with Crippen molar-refractivity contribution in [1.29, 1.82) is 0 Å². The summed E-state index contributed by atoms with van der Waals surface area (Å²) in [5, 5.41) is 4.04. The van der Waals surface area contributed by atoms with Crippen molar-refractivity contribution in [2.24, 2.45) is 0 Å². The number of nitrogens with zero attached hydrogens (tertiary/aromatic N) is 4. The molecule has 1 saturated heterocycles. The van der Waals surface area contributed by atoms with Crippen molar-refractivity contribution in [3.63, 3.8) is 0 Å². The molecule has 0 unspecified atom stereocenters. The standard InChI is InChI=1S/C34H44ClN5O6/c1-2-14-42-16-18-44-20-22-46-23-21-45-19-17-43-15-4-3-13-39-30-6-5-27(35)24-29(30)38-32(39)26-40-31-25-37-10-7-28(31)34(33(40)41)8-11-36-12-9-34/h1,5-7,10,24-25,36H,3-4,8-9,11-23,26H2. The number of hydrogen-bond donors (Lipinski definition) is 1. The fourth-order valence-electron chi connectivity index (χ4n) is 6.13. The molecule has 2 aliphatic heterocycles. The van der Waals surface area contributed by atoms with Gasteiger partial charge >= 0.3 is 0 Å². The maximum atomic E-state index is 14.0. The first-order valence-corrected chi connectivity index (χ1v) is 16.5. The highest BCUT2D eigenvalue weighted by Gasteiger charge is 2.51. The van der Waals surface area contributed by atoms with Crippen molar-refractivity contribution in [3.05, 3.63) is 53.1 Å². The maximum Gasteiger partial charge on any atom is 0.238 e. The molecule has 0 aliphatic carbocycles. The number of aryl methyl sites for hydroxylation is 1. The van der Waals surface area contributed by atoms with Crippen molar-refractivity contribution < 1.29 is 28.5 Å². The van der Waals surface area contributed by atoms with Crippen LogP contribution in [0.15, 0.2) is 36.7 Å². The number of carbonyl (C=O) groups is 1. The Balaban J connectivity index is 1.05. The fourth-order valence-corrected chi connectivity index (χ4v) is 6.30. The van der Waals surface area contributed by atoms with Crippen molar-refractivity contribution in [3.8, 4) is 12.3 Å². The lowest BCUT2D eigenvalue weighted by Gasteiger charge is -2.33. The molecule has 1 amide bonds. The number of imidazole rings is 1. The number of amides is 1. The van der Waals surface area contributed by atoms with E-state index in [2.05, 4.69) is 20.8 Å². The molecule has 3 aromatic rings. The molecule has 0 saturated carbocycles. The van der Waals surface area contributed by atoms with Crippen LogP contribution in [0.1, 0.15) is 37.1 Å². The molecule has 2 aromatic heterocycles. The zero-order valence-electron chi connectivity index (χ0n) is 26.4. The number of aromatic nitrogens is 3. The summed E-state index contributed by atoms with van der Waals surface area (Å²) in [4.78, 5) is 25.2. The molecule has 11 nitrogen and oxygen atoms in total. The molecular formula is C34H44ClN5O6. The molecular weight excluding hydrogens is 610 g/mol. The minimum atomic E-state index is -0.494. The van der Waals surface area contributed by atoms with E-state index in [1.165, 1.54) is 0 Å². The molecule has 0 atom stereocenters. The first-order chi connectivity index (χ1) is 22.6. The van der Waals surface area contributed by atoms with E-state index in [4.69, 9.17) is 46.7 Å². The van der Waals surface area contributed by atoms with Gasteiger partial charge in [-0.1, -0.05) is 17.5 Å². The second-order valence-corrected chi connectivity index (χ2v) is 11.8. The molecule has 12 heteroatoms. The number of rotatable bonds is 20. The SMILES string of the molecule is C#CCOCCOCCOCCOCCOCCCCn1c(CN2C(=O)C3(CCNCC3)c3ccncc32)nc2cc(Cl)ccc21. The Kier molecular flexibility index (Phi) is 13.2. The molecule has 0 bridgehead atoms. The van der Waals surface area contributed by atoms with Crippen LogP contribution in [-0.2, 0) is 47.0 Å². The van der Waals surface area contributed by atoms with E-state index in [0.717, 1.165) is 73.4 Å². The maximum absolute atomic E-state index is 14.0. The van der Waals surface area contributed by atoms with Crippen LogP contribution >= 0.6 is 11.6 Å². The van der Waals surface area contributed by atoms with Gasteiger partial charge in [-0.15, -0.1) is 6.42 Å². The van der Waals surface area contributed by atoms with Crippen LogP contribution in [0.25, 0.3) is 11.0 Å². The topological polar surface area (TPSA) is 109 Å². The second kappa shape index (κ2) is 17.7. The zero-order valence-corrected chi connectivity index (χ0v) is 27.1. The van der Waals surface area contributed by atoms with Crippen molar-refractivity contribution in [1.82, 2.24) is 19.9 Å². The van der Waals surface area contributed by atoms with Crippen LogP contribution in [-0.4, -0.2) is 99.6 Å². The lowest BCUT2D eigenvalue weighted by molar-refractivity contribution is -0.124. The molecule has 2 aliphatic rings. The average Bonchev–Trinajstić information content (AvgIpc) is 3.52. The Morgan fingerprint density at radius 3 is 2.28 bits per heavy atom. The summed E-state index contributed by atoms with van der Waals surface area (Å²) in [5.74, 6) is 3.39. The first-order valence-electron chi connectivity index (χ1n) is 16.1. The van der Waals surface area contributed by atoms with Gasteiger partial charge in [0.25, 0.3) is 0 Å². The number of benzene rings is 1. The van der Waals surface area contributed by atoms with E-state index in [1.54, 1.807) is 6.20 Å². The zero-order chi connectivity index (χ0) is 32.0. The average molecular weight is 654 g/mol. The Morgan fingerprint density at radius 1 is 0.913 bits per heavy atom. The van der Waals surface area contributed by atoms with Crippen molar-refractivity contribution in [2.75, 3.05) is 84.1 Å². The normalized spacial score (nSPS) is 15.6. The van der Waals surface area contributed by atoms with E-state index in [1.807, 2.05) is 35.4 Å². The second-order valence-electron chi connectivity index (χ2n) is 11.3. The Morgan fingerprint density at radius 2 is 1.59 bits per heavy atom. The molecule has 4 heterocycles. The molecule has 5 rings (SSSR count). The summed E-state index contributed by atoms with van der Waals surface area (Å²) in [7, 11) is 0. The Hall–Kier alpha value is -3.08. The highest BCUT2D eigenvalue weighted by Crippen LogP contribution is 2.47. The van der Waals surface area contributed by atoms with Gasteiger partial charge in [0.1, 0.15) is 12.4 Å². The number of carbonyl (C=O) groups excluding carboxylic acids is 1. The number of terminal acetylenes is 1. The van der Waals surface area contributed by atoms with Crippen molar-refractivity contribution >= 4 is 34.2 Å². The molecule has 0 radical (unpaired) electrons. The quantitative estimate of drug-likeness (QED) is 0.144. The number of halogens is 1. The minimum Gasteiger partial charge on any atom is -0.379 e. The van der Waals surface area contributed by atoms with Gasteiger partial charge in [-0.25, -0.2) is 4.98 Å². The van der Waals surface area contributed by atoms with Gasteiger partial charge < -0.3 is 38.5 Å². The molecule has 1 spiro atoms. The van der Waals surface area contributed by atoms with Crippen LogP contribution in [0.4, 0.5) is 5.69 Å². The summed E-state index contributed by atoms with van der Waals surface area (Å²) < 4.78 is 29.6. The van der Waals surface area contributed by atoms with Gasteiger partial charge in [-0.05, 0) is 68.6 Å². The molecule has 1 aromatic carbocycles. The largest absolute Gasteiger partial charge is 0.379 e. The number of piperidine rings is 1. The van der Waals surface area contributed by atoms with Gasteiger partial charge in [-0.3, -0.25) is 9.78 Å². The molecule has 248 valence electrons. The number of hydrogen-bond acceptors (Lipinski definition) is 9. The number of fused-ring (bicyclic) bond motifs is 3. The van der Waals surface area contributed by atoms with Gasteiger partial charge in [0.15, 0.2) is 0 Å². The van der Waals surface area contributed by atoms with Crippen LogP contribution in [0.2, 0.25) is 5.02 Å². The van der Waals surface area contributed by atoms with E-state index in [0.29, 0.717) is 77.6 Å². The van der Waals surface area contributed by atoms with Crippen LogP contribution < -0.4 is 10.2 Å². The summed E-state index contributed by atoms with van der Waals surface area (Å²) >= 11 is 6.32. The fraction of sp³-hybridized carbons (Fsp3) is 0.559. The van der Waals surface area contributed by atoms with Gasteiger partial charge in [0, 0.05) is 24.4 Å². The third-order valence-electron chi connectivity index (χ3n) is 8.40. The predicted molar refractivity (Wildman–Crippen MR) is 176 cm³/mol. The van der Waals surface area contributed by atoms with Gasteiger partial charge in [-0.2, -0.15) is 0 Å². The number of ether oxygens (including phenoxy) is 5. The highest BCUT2D eigenvalue weighted by molar-refractivity contribution is 6.31. The van der Waals surface area contributed by atoms with E-state index < -0.39 is 5.41 Å². The summed E-state index contributed by atoms with van der Waals surface area (Å²) in [5.41, 5.74) is 3.31. The molecule has 1 N–H and O–H groups in total. The molecule has 1 fully saturated rings. The van der Waals surface area contributed by atoms with Crippen molar-refractivity contribution in [2.45, 2.75) is 44.2 Å². The molecule has 46 heavy (non-hydrogen) atoms. The first kappa shape index (κ1) is 34.3. The smallest absolute Gasteiger partial charge is 0.238 e. The Bertz CT molecular complexity index is 1450. The van der Waals surface area contributed by atoms with Gasteiger partial charge in [0.2, 0.25) is 5.91 Å². The third-order valence-corrected chi connectivity index (χ3v) is 8.64. The van der Waals surface area contributed by atoms with Crippen LogP contribution in [0.3, 0.4) is 0 Å². The van der Waals surface area contributed by atoms with Crippen LogP contribution in [0.5, 0.6) is 0 Å². The predicted octanol–water partition coefficient (Wildman–Crippen LogP) is 3.75. The lowest BCUT2D eigenvalue weighted by atomic mass is 9.74. The third kappa shape index (κ3) is 8.63. The Labute approximate surface area is 275 Å². The van der Waals surface area contributed by atoms with Gasteiger partial charge in [0.05, 0.1) is 87.7 Å². The number of anilines is 1.